The molecular formula is C15H14Br2ClN. The van der Waals surface area contributed by atoms with E-state index in [1.807, 2.05) is 24.3 Å². The first kappa shape index (κ1) is 14.9. The van der Waals surface area contributed by atoms with Crippen molar-refractivity contribution in [3.8, 4) is 0 Å². The van der Waals surface area contributed by atoms with Gasteiger partial charge in [-0.1, -0.05) is 46.6 Å². The first-order valence-corrected chi connectivity index (χ1v) is 8.03. The van der Waals surface area contributed by atoms with Gasteiger partial charge in [0.25, 0.3) is 0 Å². The number of rotatable bonds is 4. The largest absolute Gasteiger partial charge is 0.377 e. The van der Waals surface area contributed by atoms with E-state index in [-0.39, 0.29) is 6.04 Å². The summed E-state index contributed by atoms with van der Waals surface area (Å²) >= 11 is 13.0. The van der Waals surface area contributed by atoms with Crippen molar-refractivity contribution < 1.29 is 0 Å². The van der Waals surface area contributed by atoms with Crippen molar-refractivity contribution in [3.05, 3.63) is 62.0 Å². The van der Waals surface area contributed by atoms with Gasteiger partial charge in [-0.25, -0.2) is 0 Å². The molecule has 0 saturated heterocycles. The first-order chi connectivity index (χ1) is 9.10. The smallest absolute Gasteiger partial charge is 0.0511 e. The van der Waals surface area contributed by atoms with Gasteiger partial charge in [0.1, 0.15) is 0 Å². The molecule has 0 aliphatic carbocycles. The summed E-state index contributed by atoms with van der Waals surface area (Å²) in [7, 11) is 0. The van der Waals surface area contributed by atoms with E-state index in [0.29, 0.717) is 0 Å². The van der Waals surface area contributed by atoms with Gasteiger partial charge in [-0.2, -0.15) is 0 Å². The van der Waals surface area contributed by atoms with Crippen molar-refractivity contribution in [2.45, 2.75) is 19.4 Å². The highest BCUT2D eigenvalue weighted by Gasteiger charge is 2.10. The number of benzene rings is 2. The third-order valence-electron chi connectivity index (χ3n) is 2.94. The highest BCUT2D eigenvalue weighted by molar-refractivity contribution is 9.11. The molecule has 0 amide bonds. The van der Waals surface area contributed by atoms with Crippen LogP contribution in [0, 0.1) is 0 Å². The Kier molecular flexibility index (Phi) is 5.31. The van der Waals surface area contributed by atoms with Crippen LogP contribution < -0.4 is 5.32 Å². The third kappa shape index (κ3) is 3.98. The lowest BCUT2D eigenvalue weighted by Gasteiger charge is -2.20. The van der Waals surface area contributed by atoms with Crippen LogP contribution in [0.15, 0.2) is 51.4 Å². The van der Waals surface area contributed by atoms with Crippen LogP contribution in [0.3, 0.4) is 0 Å². The second-order valence-electron chi connectivity index (χ2n) is 4.28. The van der Waals surface area contributed by atoms with Crippen molar-refractivity contribution in [2.24, 2.45) is 0 Å². The van der Waals surface area contributed by atoms with E-state index in [0.717, 1.165) is 26.1 Å². The molecule has 2 aromatic rings. The fraction of sp³-hybridized carbons (Fsp3) is 0.200. The molecule has 0 radical (unpaired) electrons. The zero-order valence-corrected chi connectivity index (χ0v) is 14.4. The van der Waals surface area contributed by atoms with Gasteiger partial charge in [0, 0.05) is 19.7 Å². The predicted octanol–water partition coefficient (Wildman–Crippen LogP) is 6.43. The van der Waals surface area contributed by atoms with E-state index in [1.165, 1.54) is 5.56 Å². The van der Waals surface area contributed by atoms with Crippen LogP contribution >= 0.6 is 43.5 Å². The molecule has 1 atom stereocenters. The van der Waals surface area contributed by atoms with Crippen LogP contribution in [-0.4, -0.2) is 0 Å². The Labute approximate surface area is 135 Å². The molecule has 0 aromatic heterocycles. The molecule has 4 heteroatoms. The van der Waals surface area contributed by atoms with Gasteiger partial charge in [-0.3, -0.25) is 0 Å². The zero-order valence-electron chi connectivity index (χ0n) is 10.5. The Bertz CT molecular complexity index is 555. The lowest BCUT2D eigenvalue weighted by Crippen LogP contribution is -2.09. The van der Waals surface area contributed by atoms with E-state index >= 15 is 0 Å². The average molecular weight is 404 g/mol. The summed E-state index contributed by atoms with van der Waals surface area (Å²) in [4.78, 5) is 0. The van der Waals surface area contributed by atoms with E-state index in [2.05, 4.69) is 62.3 Å². The molecule has 2 aromatic carbocycles. The van der Waals surface area contributed by atoms with Crippen LogP contribution in [0.25, 0.3) is 0 Å². The summed E-state index contributed by atoms with van der Waals surface area (Å²) in [5, 5.41) is 4.32. The van der Waals surface area contributed by atoms with Crippen LogP contribution in [-0.2, 0) is 0 Å². The molecule has 0 bridgehead atoms. The molecule has 0 spiro atoms. The maximum Gasteiger partial charge on any atom is 0.0511 e. The molecule has 0 aliphatic heterocycles. The maximum atomic E-state index is 5.93. The normalized spacial score (nSPS) is 12.2. The SMILES string of the molecule is CCC(Nc1ccc(Br)cc1Br)c1ccc(Cl)cc1. The summed E-state index contributed by atoms with van der Waals surface area (Å²) in [6.07, 6.45) is 1.00. The Morgan fingerprint density at radius 1 is 1.11 bits per heavy atom. The standard InChI is InChI=1S/C15H14Br2ClN/c1-2-14(10-3-6-12(18)7-4-10)19-15-8-5-11(16)9-13(15)17/h3-9,14,19H,2H2,1H3. The number of halogens is 3. The number of anilines is 1. The molecule has 0 aliphatic rings. The Morgan fingerprint density at radius 3 is 2.37 bits per heavy atom. The molecule has 0 fully saturated rings. The molecular weight excluding hydrogens is 389 g/mol. The van der Waals surface area contributed by atoms with Gasteiger partial charge in [-0.15, -0.1) is 0 Å². The lowest BCUT2D eigenvalue weighted by molar-refractivity contribution is 0.749. The van der Waals surface area contributed by atoms with Crippen LogP contribution in [0.2, 0.25) is 5.02 Å². The molecule has 1 unspecified atom stereocenters. The predicted molar refractivity (Wildman–Crippen MR) is 89.9 cm³/mol. The quantitative estimate of drug-likeness (QED) is 0.620. The molecule has 0 saturated carbocycles. The first-order valence-electron chi connectivity index (χ1n) is 6.07. The Morgan fingerprint density at radius 2 is 1.79 bits per heavy atom. The van der Waals surface area contributed by atoms with Crippen LogP contribution in [0.1, 0.15) is 24.9 Å². The molecule has 1 N–H and O–H groups in total. The minimum Gasteiger partial charge on any atom is -0.377 e. The summed E-state index contributed by atoms with van der Waals surface area (Å²) < 4.78 is 2.11. The lowest BCUT2D eigenvalue weighted by atomic mass is 10.0. The minimum absolute atomic E-state index is 0.273. The molecule has 1 nitrogen and oxygen atoms in total. The van der Waals surface area contributed by atoms with Crippen LogP contribution in [0.4, 0.5) is 5.69 Å². The van der Waals surface area contributed by atoms with Crippen LogP contribution in [0.5, 0.6) is 0 Å². The van der Waals surface area contributed by atoms with E-state index in [4.69, 9.17) is 11.6 Å². The van der Waals surface area contributed by atoms with Gasteiger partial charge in [0.15, 0.2) is 0 Å². The average Bonchev–Trinajstić information content (AvgIpc) is 2.39. The number of hydrogen-bond acceptors (Lipinski definition) is 1. The van der Waals surface area contributed by atoms with Gasteiger partial charge >= 0.3 is 0 Å². The van der Waals surface area contributed by atoms with Crippen molar-refractivity contribution in [1.82, 2.24) is 0 Å². The summed E-state index contributed by atoms with van der Waals surface area (Å²) in [5.41, 5.74) is 2.33. The zero-order chi connectivity index (χ0) is 13.8. The monoisotopic (exact) mass is 401 g/mol. The number of nitrogens with one attached hydrogen (secondary N) is 1. The van der Waals surface area contributed by atoms with Gasteiger partial charge in [-0.05, 0) is 58.2 Å². The Hall–Kier alpha value is -0.510. The molecule has 2 rings (SSSR count). The minimum atomic E-state index is 0.273. The van der Waals surface area contributed by atoms with Gasteiger partial charge in [0.05, 0.1) is 6.04 Å². The van der Waals surface area contributed by atoms with E-state index in [1.54, 1.807) is 0 Å². The fourth-order valence-electron chi connectivity index (χ4n) is 1.91. The van der Waals surface area contributed by atoms with Crippen molar-refractivity contribution in [1.29, 1.82) is 0 Å². The van der Waals surface area contributed by atoms with Gasteiger partial charge in [0.2, 0.25) is 0 Å². The highest BCUT2D eigenvalue weighted by atomic mass is 79.9. The van der Waals surface area contributed by atoms with E-state index in [9.17, 15) is 0 Å². The molecule has 0 heterocycles. The third-order valence-corrected chi connectivity index (χ3v) is 4.34. The molecule has 100 valence electrons. The highest BCUT2D eigenvalue weighted by Crippen LogP contribution is 2.30. The van der Waals surface area contributed by atoms with Crippen molar-refractivity contribution in [3.63, 3.8) is 0 Å². The maximum absolute atomic E-state index is 5.93. The number of hydrogen-bond donors (Lipinski definition) is 1. The van der Waals surface area contributed by atoms with Gasteiger partial charge < -0.3 is 5.32 Å². The van der Waals surface area contributed by atoms with Crippen molar-refractivity contribution >= 4 is 49.1 Å². The summed E-state index contributed by atoms with van der Waals surface area (Å²) in [6, 6.07) is 14.4. The second-order valence-corrected chi connectivity index (χ2v) is 6.49. The second kappa shape index (κ2) is 6.78. The topological polar surface area (TPSA) is 12.0 Å². The Balaban J connectivity index is 2.21. The molecule has 19 heavy (non-hydrogen) atoms. The summed E-state index contributed by atoms with van der Waals surface area (Å²) in [6.45, 7) is 2.17. The van der Waals surface area contributed by atoms with Crippen molar-refractivity contribution in [2.75, 3.05) is 5.32 Å². The summed E-state index contributed by atoms with van der Waals surface area (Å²) in [5.74, 6) is 0. The van der Waals surface area contributed by atoms with E-state index < -0.39 is 0 Å². The fourth-order valence-corrected chi connectivity index (χ4v) is 3.20.